The Hall–Kier alpha value is -3.54. The van der Waals surface area contributed by atoms with Gasteiger partial charge >= 0.3 is 18.4 Å². The molecule has 3 N–H and O–H groups in total. The van der Waals surface area contributed by atoms with Crippen LogP contribution >= 0.6 is 0 Å². The van der Waals surface area contributed by atoms with E-state index in [9.17, 15) is 35.9 Å². The molecule has 0 fully saturated rings. The zero-order chi connectivity index (χ0) is 25.1. The van der Waals surface area contributed by atoms with Crippen molar-refractivity contribution in [1.82, 2.24) is 10.8 Å². The molecule has 0 aromatic heterocycles. The SMILES string of the molecule is O=C(/C=C/c1ccc2c(c1)CCC2NC(=O)OCc1cc(C(F)(F)F)cc(C(F)(F)F)c1)NO. The molecule has 0 radical (unpaired) electrons. The first kappa shape index (κ1) is 25.1. The van der Waals surface area contributed by atoms with E-state index < -0.39 is 53.7 Å². The largest absolute Gasteiger partial charge is 0.445 e. The number of alkyl halides is 6. The number of halogens is 6. The Balaban J connectivity index is 1.66. The molecule has 12 heteroatoms. The van der Waals surface area contributed by atoms with Crippen LogP contribution in [0.1, 0.15) is 45.8 Å². The van der Waals surface area contributed by atoms with E-state index in [0.29, 0.717) is 30.5 Å². The molecule has 0 aliphatic heterocycles. The topological polar surface area (TPSA) is 87.7 Å². The van der Waals surface area contributed by atoms with Crippen molar-refractivity contribution in [3.63, 3.8) is 0 Å². The van der Waals surface area contributed by atoms with E-state index in [2.05, 4.69) is 5.32 Å². The second kappa shape index (κ2) is 9.75. The van der Waals surface area contributed by atoms with Crippen LogP contribution in [0.4, 0.5) is 31.1 Å². The number of carbonyl (C=O) groups excluding carboxylic acids is 2. The molecule has 3 rings (SSSR count). The van der Waals surface area contributed by atoms with Crippen LogP contribution in [0.5, 0.6) is 0 Å². The summed E-state index contributed by atoms with van der Waals surface area (Å²) in [4.78, 5) is 23.2. The predicted octanol–water partition coefficient (Wildman–Crippen LogP) is 5.16. The number of hydroxylamine groups is 1. The van der Waals surface area contributed by atoms with Crippen molar-refractivity contribution in [1.29, 1.82) is 0 Å². The Kier molecular flexibility index (Phi) is 7.20. The van der Waals surface area contributed by atoms with Crippen molar-refractivity contribution in [2.75, 3.05) is 0 Å². The number of ether oxygens (including phenoxy) is 1. The van der Waals surface area contributed by atoms with E-state index in [1.54, 1.807) is 18.2 Å². The molecule has 6 nitrogen and oxygen atoms in total. The number of aryl methyl sites for hydroxylation is 1. The third kappa shape index (κ3) is 6.28. The molecule has 0 heterocycles. The Morgan fingerprint density at radius 3 is 2.26 bits per heavy atom. The number of hydrogen-bond acceptors (Lipinski definition) is 4. The standard InChI is InChI=1S/C22H18F6N2O4/c23-21(24,25)15-8-13(9-16(10-15)22(26,27)28)11-34-20(32)29-18-5-3-14-7-12(1-4-17(14)18)2-6-19(31)30-33/h1-2,4,6-10,18,33H,3,5,11H2,(H,29,32)(H,30,31)/b6-2+. The van der Waals surface area contributed by atoms with Crippen LogP contribution < -0.4 is 10.8 Å². The summed E-state index contributed by atoms with van der Waals surface area (Å²) in [5, 5.41) is 11.1. The summed E-state index contributed by atoms with van der Waals surface area (Å²) in [7, 11) is 0. The molecule has 2 aromatic carbocycles. The number of hydrogen-bond donors (Lipinski definition) is 3. The first-order chi connectivity index (χ1) is 15.9. The summed E-state index contributed by atoms with van der Waals surface area (Å²) in [6.07, 6.45) is -7.31. The highest BCUT2D eigenvalue weighted by Crippen LogP contribution is 2.36. The van der Waals surface area contributed by atoms with Gasteiger partial charge in [0, 0.05) is 6.08 Å². The zero-order valence-corrected chi connectivity index (χ0v) is 17.3. The lowest BCUT2D eigenvalue weighted by Crippen LogP contribution is -2.27. The first-order valence-electron chi connectivity index (χ1n) is 9.83. The molecule has 2 amide bonds. The van der Waals surface area contributed by atoms with Crippen molar-refractivity contribution in [2.45, 2.75) is 37.8 Å². The summed E-state index contributed by atoms with van der Waals surface area (Å²) in [6, 6.07) is 5.70. The Morgan fingerprint density at radius 1 is 1.03 bits per heavy atom. The van der Waals surface area contributed by atoms with Gasteiger partial charge in [0.1, 0.15) is 6.61 Å². The van der Waals surface area contributed by atoms with Crippen molar-refractivity contribution >= 4 is 18.1 Å². The minimum absolute atomic E-state index is 0.00129. The smallest absolute Gasteiger partial charge is 0.416 e. The Labute approximate surface area is 189 Å². The third-order valence-electron chi connectivity index (χ3n) is 5.09. The number of amides is 2. The lowest BCUT2D eigenvalue weighted by atomic mass is 10.0. The molecule has 34 heavy (non-hydrogen) atoms. The van der Waals surface area contributed by atoms with Gasteiger partial charge in [-0.2, -0.15) is 26.3 Å². The van der Waals surface area contributed by atoms with E-state index in [4.69, 9.17) is 9.94 Å². The maximum Gasteiger partial charge on any atom is 0.416 e. The summed E-state index contributed by atoms with van der Waals surface area (Å²) in [5.41, 5.74) is 0.343. The number of carbonyl (C=O) groups is 2. The van der Waals surface area contributed by atoms with Gasteiger partial charge in [-0.05, 0) is 59.4 Å². The summed E-state index contributed by atoms with van der Waals surface area (Å²) in [6.45, 7) is -0.783. The molecule has 0 bridgehead atoms. The van der Waals surface area contributed by atoms with Crippen molar-refractivity contribution in [3.05, 3.63) is 75.9 Å². The quantitative estimate of drug-likeness (QED) is 0.235. The highest BCUT2D eigenvalue weighted by atomic mass is 19.4. The van der Waals surface area contributed by atoms with Crippen molar-refractivity contribution < 1.29 is 45.9 Å². The van der Waals surface area contributed by atoms with E-state index >= 15 is 0 Å². The number of alkyl carbamates (subject to hydrolysis) is 1. The fourth-order valence-corrected chi connectivity index (χ4v) is 3.54. The van der Waals surface area contributed by atoms with Crippen LogP contribution in [0, 0.1) is 0 Å². The van der Waals surface area contributed by atoms with Crippen LogP contribution in [0.3, 0.4) is 0 Å². The van der Waals surface area contributed by atoms with Crippen molar-refractivity contribution in [2.24, 2.45) is 0 Å². The fraction of sp³-hybridized carbons (Fsp3) is 0.273. The molecule has 1 atom stereocenters. The van der Waals surface area contributed by atoms with Gasteiger partial charge in [-0.3, -0.25) is 10.0 Å². The molecule has 1 aliphatic rings. The van der Waals surface area contributed by atoms with E-state index in [1.165, 1.54) is 11.6 Å². The maximum absolute atomic E-state index is 13.0. The predicted molar refractivity (Wildman–Crippen MR) is 106 cm³/mol. The molecule has 182 valence electrons. The monoisotopic (exact) mass is 488 g/mol. The second-order valence-corrected chi connectivity index (χ2v) is 7.49. The van der Waals surface area contributed by atoms with E-state index in [-0.39, 0.29) is 6.07 Å². The average Bonchev–Trinajstić information content (AvgIpc) is 3.16. The molecule has 2 aromatic rings. The molecular weight excluding hydrogens is 470 g/mol. The van der Waals surface area contributed by atoms with Gasteiger partial charge < -0.3 is 10.1 Å². The molecule has 0 spiro atoms. The lowest BCUT2D eigenvalue weighted by molar-refractivity contribution is -0.143. The Morgan fingerprint density at radius 2 is 1.68 bits per heavy atom. The highest BCUT2D eigenvalue weighted by molar-refractivity contribution is 5.90. The molecule has 1 aliphatic carbocycles. The molecular formula is C22H18F6N2O4. The van der Waals surface area contributed by atoms with Crippen LogP contribution in [0.15, 0.2) is 42.5 Å². The number of benzene rings is 2. The van der Waals surface area contributed by atoms with E-state index in [1.807, 2.05) is 0 Å². The number of rotatable bonds is 5. The summed E-state index contributed by atoms with van der Waals surface area (Å²) < 4.78 is 82.6. The fourth-order valence-electron chi connectivity index (χ4n) is 3.54. The van der Waals surface area contributed by atoms with Gasteiger partial charge in [-0.25, -0.2) is 10.3 Å². The van der Waals surface area contributed by atoms with Crippen LogP contribution in [-0.2, 0) is 34.9 Å². The summed E-state index contributed by atoms with van der Waals surface area (Å²) in [5.74, 6) is -0.703. The lowest BCUT2D eigenvalue weighted by Gasteiger charge is -2.16. The Bertz CT molecular complexity index is 1080. The normalized spacial score (nSPS) is 15.8. The maximum atomic E-state index is 13.0. The molecule has 1 unspecified atom stereocenters. The summed E-state index contributed by atoms with van der Waals surface area (Å²) >= 11 is 0. The number of nitrogens with one attached hydrogen (secondary N) is 2. The van der Waals surface area contributed by atoms with Crippen LogP contribution in [0.25, 0.3) is 6.08 Å². The van der Waals surface area contributed by atoms with Crippen LogP contribution in [0.2, 0.25) is 0 Å². The van der Waals surface area contributed by atoms with Gasteiger partial charge in [0.25, 0.3) is 5.91 Å². The van der Waals surface area contributed by atoms with Gasteiger partial charge in [-0.15, -0.1) is 0 Å². The van der Waals surface area contributed by atoms with Gasteiger partial charge in [0.15, 0.2) is 0 Å². The minimum atomic E-state index is -5.00. The zero-order valence-electron chi connectivity index (χ0n) is 17.3. The third-order valence-corrected chi connectivity index (χ3v) is 5.09. The second-order valence-electron chi connectivity index (χ2n) is 7.49. The first-order valence-corrected chi connectivity index (χ1v) is 9.83. The highest BCUT2D eigenvalue weighted by Gasteiger charge is 2.37. The average molecular weight is 488 g/mol. The van der Waals surface area contributed by atoms with Gasteiger partial charge in [0.05, 0.1) is 17.2 Å². The van der Waals surface area contributed by atoms with Crippen molar-refractivity contribution in [3.8, 4) is 0 Å². The number of fused-ring (bicyclic) bond motifs is 1. The van der Waals surface area contributed by atoms with Gasteiger partial charge in [-0.1, -0.05) is 18.2 Å². The molecule has 0 saturated carbocycles. The molecule has 0 saturated heterocycles. The van der Waals surface area contributed by atoms with Crippen LogP contribution in [-0.4, -0.2) is 17.2 Å². The van der Waals surface area contributed by atoms with Gasteiger partial charge in [0.2, 0.25) is 0 Å². The minimum Gasteiger partial charge on any atom is -0.445 e. The van der Waals surface area contributed by atoms with E-state index in [0.717, 1.165) is 17.2 Å².